The molecule has 0 saturated carbocycles. The Kier molecular flexibility index (Phi) is 3.10. The highest BCUT2D eigenvalue weighted by molar-refractivity contribution is 9.10. The smallest absolute Gasteiger partial charge is 0.151 e. The molecule has 16 heavy (non-hydrogen) atoms. The average Bonchev–Trinajstić information content (AvgIpc) is 2.27. The normalized spacial score (nSPS) is 10.1. The van der Waals surface area contributed by atoms with Crippen molar-refractivity contribution in [3.8, 4) is 11.5 Å². The molecule has 2 rings (SSSR count). The molecule has 0 spiro atoms. The van der Waals surface area contributed by atoms with Gasteiger partial charge in [0.05, 0.1) is 11.9 Å². The Morgan fingerprint density at radius 2 is 2.06 bits per heavy atom. The second-order valence-electron chi connectivity index (χ2n) is 3.42. The zero-order valence-corrected chi connectivity index (χ0v) is 10.4. The fourth-order valence-corrected chi connectivity index (χ4v) is 1.58. The summed E-state index contributed by atoms with van der Waals surface area (Å²) in [6.45, 7) is 1.93. The number of halogens is 1. The molecule has 0 amide bonds. The number of pyridine rings is 1. The van der Waals surface area contributed by atoms with Gasteiger partial charge in [-0.25, -0.2) is 0 Å². The first-order valence-electron chi connectivity index (χ1n) is 4.81. The molecule has 0 fully saturated rings. The van der Waals surface area contributed by atoms with E-state index in [9.17, 15) is 0 Å². The van der Waals surface area contributed by atoms with Crippen LogP contribution in [0.2, 0.25) is 0 Å². The second kappa shape index (κ2) is 4.53. The first-order valence-corrected chi connectivity index (χ1v) is 5.60. The number of nitrogens with zero attached hydrogens (tertiary/aromatic N) is 1. The van der Waals surface area contributed by atoms with E-state index in [4.69, 9.17) is 10.5 Å². The number of nitrogens with two attached hydrogens (primary N) is 1. The number of benzene rings is 1. The van der Waals surface area contributed by atoms with E-state index >= 15 is 0 Å². The van der Waals surface area contributed by atoms with Crippen LogP contribution in [0, 0.1) is 6.92 Å². The fraction of sp³-hybridized carbons (Fsp3) is 0.0833. The number of nitrogen functional groups attached to an aromatic ring is 1. The summed E-state index contributed by atoms with van der Waals surface area (Å²) in [5.74, 6) is 1.30. The maximum atomic E-state index is 5.80. The predicted molar refractivity (Wildman–Crippen MR) is 67.6 cm³/mol. The number of ether oxygens (including phenoxy) is 1. The number of aryl methyl sites for hydroxylation is 1. The van der Waals surface area contributed by atoms with Crippen LogP contribution < -0.4 is 10.5 Å². The van der Waals surface area contributed by atoms with Crippen LogP contribution in [0.4, 0.5) is 5.69 Å². The van der Waals surface area contributed by atoms with Crippen LogP contribution in [-0.4, -0.2) is 4.98 Å². The summed E-state index contributed by atoms with van der Waals surface area (Å²) in [6.07, 6.45) is 1.68. The molecule has 0 aliphatic heterocycles. The Bertz CT molecular complexity index is 497. The van der Waals surface area contributed by atoms with Crippen molar-refractivity contribution in [1.29, 1.82) is 0 Å². The summed E-state index contributed by atoms with van der Waals surface area (Å²) < 4.78 is 6.56. The van der Waals surface area contributed by atoms with Crippen molar-refractivity contribution in [2.45, 2.75) is 6.92 Å². The molecule has 0 bridgehead atoms. The molecule has 2 aromatic rings. The van der Waals surface area contributed by atoms with E-state index in [0.717, 1.165) is 10.2 Å². The van der Waals surface area contributed by atoms with Gasteiger partial charge in [0.2, 0.25) is 0 Å². The second-order valence-corrected chi connectivity index (χ2v) is 4.34. The lowest BCUT2D eigenvalue weighted by atomic mass is 10.3. The van der Waals surface area contributed by atoms with Gasteiger partial charge < -0.3 is 10.5 Å². The third-order valence-electron chi connectivity index (χ3n) is 2.09. The van der Waals surface area contributed by atoms with Crippen molar-refractivity contribution < 1.29 is 4.74 Å². The van der Waals surface area contributed by atoms with E-state index in [-0.39, 0.29) is 0 Å². The van der Waals surface area contributed by atoms with E-state index in [2.05, 4.69) is 20.9 Å². The van der Waals surface area contributed by atoms with E-state index in [1.807, 2.05) is 31.2 Å². The zero-order chi connectivity index (χ0) is 11.5. The summed E-state index contributed by atoms with van der Waals surface area (Å²) in [6, 6.07) is 9.25. The van der Waals surface area contributed by atoms with E-state index in [1.165, 1.54) is 0 Å². The molecule has 0 aliphatic rings. The lowest BCUT2D eigenvalue weighted by molar-refractivity contribution is 0.482. The number of anilines is 1. The van der Waals surface area contributed by atoms with Gasteiger partial charge in [-0.05, 0) is 37.3 Å². The first kappa shape index (κ1) is 11.0. The average molecular weight is 279 g/mol. The maximum Gasteiger partial charge on any atom is 0.151 e. The fourth-order valence-electron chi connectivity index (χ4n) is 1.24. The van der Waals surface area contributed by atoms with Crippen LogP contribution in [-0.2, 0) is 0 Å². The molecule has 4 heteroatoms. The maximum absolute atomic E-state index is 5.80. The molecular weight excluding hydrogens is 268 g/mol. The van der Waals surface area contributed by atoms with Crippen molar-refractivity contribution >= 4 is 21.6 Å². The van der Waals surface area contributed by atoms with Crippen LogP contribution in [0.25, 0.3) is 0 Å². The van der Waals surface area contributed by atoms with Crippen LogP contribution in [0.15, 0.2) is 41.0 Å². The van der Waals surface area contributed by atoms with Gasteiger partial charge in [0, 0.05) is 10.2 Å². The molecule has 2 N–H and O–H groups in total. The molecule has 0 unspecified atom stereocenters. The van der Waals surface area contributed by atoms with Gasteiger partial charge in [-0.15, -0.1) is 0 Å². The van der Waals surface area contributed by atoms with Gasteiger partial charge in [-0.1, -0.05) is 15.9 Å². The Morgan fingerprint density at radius 1 is 1.25 bits per heavy atom. The Hall–Kier alpha value is -1.55. The Morgan fingerprint density at radius 3 is 2.75 bits per heavy atom. The number of hydrogen-bond donors (Lipinski definition) is 1. The zero-order valence-electron chi connectivity index (χ0n) is 8.77. The van der Waals surface area contributed by atoms with Crippen LogP contribution >= 0.6 is 15.9 Å². The molecule has 1 heterocycles. The van der Waals surface area contributed by atoms with Crippen molar-refractivity contribution in [1.82, 2.24) is 4.98 Å². The molecule has 0 saturated heterocycles. The summed E-state index contributed by atoms with van der Waals surface area (Å²) in [4.78, 5) is 4.15. The Labute approximate surface area is 102 Å². The molecule has 0 radical (unpaired) electrons. The van der Waals surface area contributed by atoms with Crippen LogP contribution in [0.3, 0.4) is 0 Å². The minimum absolute atomic E-state index is 0.601. The number of rotatable bonds is 2. The predicted octanol–water partition coefficient (Wildman–Crippen LogP) is 3.53. The number of aromatic nitrogens is 1. The highest BCUT2D eigenvalue weighted by atomic mass is 79.9. The van der Waals surface area contributed by atoms with Crippen molar-refractivity contribution in [3.05, 3.63) is 46.7 Å². The van der Waals surface area contributed by atoms with Gasteiger partial charge in [0.25, 0.3) is 0 Å². The molecule has 1 aromatic heterocycles. The first-order chi connectivity index (χ1) is 7.65. The molecule has 0 aliphatic carbocycles. The minimum atomic E-state index is 0.601. The van der Waals surface area contributed by atoms with E-state index in [0.29, 0.717) is 17.2 Å². The molecule has 1 aromatic carbocycles. The van der Waals surface area contributed by atoms with Gasteiger partial charge in [-0.2, -0.15) is 0 Å². The molecule has 3 nitrogen and oxygen atoms in total. The minimum Gasteiger partial charge on any atom is -0.454 e. The third-order valence-corrected chi connectivity index (χ3v) is 2.58. The SMILES string of the molecule is Cc1ccc(Oc2cc(Br)ccc2N)cn1. The molecule has 0 atom stereocenters. The van der Waals surface area contributed by atoms with Crippen molar-refractivity contribution in [2.24, 2.45) is 0 Å². The quantitative estimate of drug-likeness (QED) is 0.855. The van der Waals surface area contributed by atoms with Gasteiger partial charge >= 0.3 is 0 Å². The lowest BCUT2D eigenvalue weighted by Gasteiger charge is -2.08. The summed E-state index contributed by atoms with van der Waals surface area (Å²) in [5.41, 5.74) is 7.35. The van der Waals surface area contributed by atoms with E-state index < -0.39 is 0 Å². The molecular formula is C12H11BrN2O. The van der Waals surface area contributed by atoms with Crippen LogP contribution in [0.1, 0.15) is 5.69 Å². The number of hydrogen-bond acceptors (Lipinski definition) is 3. The summed E-state index contributed by atoms with van der Waals surface area (Å²) in [5, 5.41) is 0. The Balaban J connectivity index is 2.26. The van der Waals surface area contributed by atoms with E-state index in [1.54, 1.807) is 12.3 Å². The topological polar surface area (TPSA) is 48.1 Å². The highest BCUT2D eigenvalue weighted by Gasteiger charge is 2.03. The largest absolute Gasteiger partial charge is 0.454 e. The summed E-state index contributed by atoms with van der Waals surface area (Å²) in [7, 11) is 0. The monoisotopic (exact) mass is 278 g/mol. The van der Waals surface area contributed by atoms with Gasteiger partial charge in [0.1, 0.15) is 5.75 Å². The lowest BCUT2D eigenvalue weighted by Crippen LogP contribution is -1.92. The van der Waals surface area contributed by atoms with Crippen LogP contribution in [0.5, 0.6) is 11.5 Å². The third kappa shape index (κ3) is 2.52. The van der Waals surface area contributed by atoms with Crippen molar-refractivity contribution in [3.63, 3.8) is 0 Å². The molecule has 82 valence electrons. The van der Waals surface area contributed by atoms with Crippen molar-refractivity contribution in [2.75, 3.05) is 5.73 Å². The highest BCUT2D eigenvalue weighted by Crippen LogP contribution is 2.29. The van der Waals surface area contributed by atoms with Gasteiger partial charge in [0.15, 0.2) is 5.75 Å². The van der Waals surface area contributed by atoms with Gasteiger partial charge in [-0.3, -0.25) is 4.98 Å². The standard InChI is InChI=1S/C12H11BrN2O/c1-8-2-4-10(7-15-8)16-12-6-9(13)3-5-11(12)14/h2-7H,14H2,1H3. The summed E-state index contributed by atoms with van der Waals surface area (Å²) >= 11 is 3.37.